The van der Waals surface area contributed by atoms with E-state index in [0.717, 1.165) is 11.1 Å². The van der Waals surface area contributed by atoms with Crippen LogP contribution in [-0.4, -0.2) is 22.6 Å². The molecule has 1 aliphatic carbocycles. The zero-order valence-electron chi connectivity index (χ0n) is 13.3. The number of hydrogen-bond acceptors (Lipinski definition) is 4. The van der Waals surface area contributed by atoms with Crippen molar-refractivity contribution in [3.63, 3.8) is 0 Å². The van der Waals surface area contributed by atoms with Gasteiger partial charge in [-0.15, -0.1) is 12.3 Å². The fourth-order valence-electron chi connectivity index (χ4n) is 3.14. The molecule has 2 aliphatic rings. The minimum Gasteiger partial charge on any atom is -0.481 e. The molecule has 1 unspecified atom stereocenters. The second kappa shape index (κ2) is 6.44. The molecule has 6 heteroatoms. The molecule has 1 atom stereocenters. The summed E-state index contributed by atoms with van der Waals surface area (Å²) in [7, 11) is 0. The molecule has 6 nitrogen and oxygen atoms in total. The number of nitrogens with zero attached hydrogens (tertiary/aromatic N) is 2. The summed E-state index contributed by atoms with van der Waals surface area (Å²) in [6.07, 6.45) is 8.35. The van der Waals surface area contributed by atoms with Crippen molar-refractivity contribution in [1.29, 1.82) is 0 Å². The van der Waals surface area contributed by atoms with Gasteiger partial charge in [0, 0.05) is 31.4 Å². The summed E-state index contributed by atoms with van der Waals surface area (Å²) in [5, 5.41) is 20.1. The third kappa shape index (κ3) is 3.46. The van der Waals surface area contributed by atoms with Gasteiger partial charge in [-0.1, -0.05) is 12.1 Å². The van der Waals surface area contributed by atoms with E-state index < -0.39 is 17.6 Å². The largest absolute Gasteiger partial charge is 0.481 e. The van der Waals surface area contributed by atoms with Crippen molar-refractivity contribution in [2.45, 2.75) is 44.2 Å². The maximum atomic E-state index is 12.2. The Morgan fingerprint density at radius 2 is 2.12 bits per heavy atom. The van der Waals surface area contributed by atoms with Crippen LogP contribution in [0.3, 0.4) is 0 Å². The first-order valence-electron chi connectivity index (χ1n) is 8.04. The van der Waals surface area contributed by atoms with Crippen molar-refractivity contribution in [2.24, 2.45) is 16.1 Å². The fraction of sp³-hybridized carbons (Fsp3) is 0.444. The zero-order chi connectivity index (χ0) is 17.2. The quantitative estimate of drug-likeness (QED) is 0.755. The SMILES string of the molecule is C#CCCC1(CCC(=O)Nc2cccc3c2CC(C(=O)O)C3)N=N1. The monoisotopic (exact) mass is 325 g/mol. The molecular weight excluding hydrogens is 306 g/mol. The smallest absolute Gasteiger partial charge is 0.307 e. The maximum Gasteiger partial charge on any atom is 0.307 e. The molecule has 1 aliphatic heterocycles. The lowest BCUT2D eigenvalue weighted by Crippen LogP contribution is -2.18. The van der Waals surface area contributed by atoms with E-state index in [1.54, 1.807) is 0 Å². The minimum atomic E-state index is -0.795. The molecule has 0 spiro atoms. The van der Waals surface area contributed by atoms with Gasteiger partial charge in [0.2, 0.25) is 5.91 Å². The topological polar surface area (TPSA) is 91.1 Å². The molecular formula is C18H19N3O3. The van der Waals surface area contributed by atoms with Crippen LogP contribution in [0.2, 0.25) is 0 Å². The molecule has 3 rings (SSSR count). The molecule has 0 fully saturated rings. The van der Waals surface area contributed by atoms with Crippen molar-refractivity contribution < 1.29 is 14.7 Å². The van der Waals surface area contributed by atoms with Gasteiger partial charge in [0.1, 0.15) is 0 Å². The Balaban J connectivity index is 1.58. The number of amides is 1. The number of carbonyl (C=O) groups excluding carboxylic acids is 1. The number of carboxylic acids is 1. The number of terminal acetylenes is 1. The first-order valence-corrected chi connectivity index (χ1v) is 8.04. The predicted octanol–water partition coefficient (Wildman–Crippen LogP) is 2.78. The van der Waals surface area contributed by atoms with Gasteiger partial charge in [-0.05, 0) is 30.0 Å². The van der Waals surface area contributed by atoms with E-state index in [9.17, 15) is 14.7 Å². The number of fused-ring (bicyclic) bond motifs is 1. The van der Waals surface area contributed by atoms with Gasteiger partial charge >= 0.3 is 5.97 Å². The summed E-state index contributed by atoms with van der Waals surface area (Å²) in [5.74, 6) is 1.25. The van der Waals surface area contributed by atoms with Gasteiger partial charge in [0.25, 0.3) is 0 Å². The van der Waals surface area contributed by atoms with Gasteiger partial charge in [0.05, 0.1) is 5.92 Å². The lowest BCUT2D eigenvalue weighted by atomic mass is 10.0. The zero-order valence-corrected chi connectivity index (χ0v) is 13.3. The van der Waals surface area contributed by atoms with Crippen molar-refractivity contribution in [1.82, 2.24) is 0 Å². The Kier molecular flexibility index (Phi) is 4.34. The van der Waals surface area contributed by atoms with Crippen LogP contribution in [0.25, 0.3) is 0 Å². The molecule has 1 heterocycles. The van der Waals surface area contributed by atoms with Crippen LogP contribution in [0.15, 0.2) is 28.4 Å². The number of rotatable bonds is 7. The number of carboxylic acid groups (broad SMARTS) is 1. The summed E-state index contributed by atoms with van der Waals surface area (Å²) >= 11 is 0. The van der Waals surface area contributed by atoms with E-state index in [1.807, 2.05) is 18.2 Å². The van der Waals surface area contributed by atoms with Crippen molar-refractivity contribution in [3.05, 3.63) is 29.3 Å². The van der Waals surface area contributed by atoms with E-state index in [0.29, 0.717) is 44.2 Å². The summed E-state index contributed by atoms with van der Waals surface area (Å²) in [6, 6.07) is 5.59. The summed E-state index contributed by atoms with van der Waals surface area (Å²) in [6.45, 7) is 0. The van der Waals surface area contributed by atoms with Gasteiger partial charge < -0.3 is 10.4 Å². The van der Waals surface area contributed by atoms with Crippen molar-refractivity contribution >= 4 is 17.6 Å². The van der Waals surface area contributed by atoms with E-state index >= 15 is 0 Å². The lowest BCUT2D eigenvalue weighted by molar-refractivity contribution is -0.141. The highest BCUT2D eigenvalue weighted by Crippen LogP contribution is 2.38. The third-order valence-electron chi connectivity index (χ3n) is 4.62. The second-order valence-electron chi connectivity index (χ2n) is 6.32. The third-order valence-corrected chi connectivity index (χ3v) is 4.62. The molecule has 24 heavy (non-hydrogen) atoms. The number of hydrogen-bond donors (Lipinski definition) is 2. The highest BCUT2D eigenvalue weighted by Gasteiger charge is 2.39. The molecule has 1 amide bonds. The average Bonchev–Trinajstić information content (AvgIpc) is 3.19. The number of anilines is 1. The number of carbonyl (C=O) groups is 2. The normalized spacial score (nSPS) is 19.4. The van der Waals surface area contributed by atoms with Crippen molar-refractivity contribution in [2.75, 3.05) is 5.32 Å². The standard InChI is InChI=1S/C18H19N3O3/c1-2-3-8-18(20-21-18)9-7-16(22)19-15-6-4-5-12-10-13(17(23)24)11-14(12)15/h1,4-6,13H,3,7-11H2,(H,19,22)(H,23,24). The Hall–Kier alpha value is -2.68. The van der Waals surface area contributed by atoms with E-state index in [1.165, 1.54) is 0 Å². The molecule has 0 radical (unpaired) electrons. The molecule has 0 bridgehead atoms. The van der Waals surface area contributed by atoms with Gasteiger partial charge in [0.15, 0.2) is 5.66 Å². The summed E-state index contributed by atoms with van der Waals surface area (Å²) in [4.78, 5) is 23.4. The van der Waals surface area contributed by atoms with Crippen LogP contribution < -0.4 is 5.32 Å². The summed E-state index contributed by atoms with van der Waals surface area (Å²) in [5.41, 5.74) is 2.18. The molecule has 1 aromatic carbocycles. The van der Waals surface area contributed by atoms with E-state index in [2.05, 4.69) is 21.5 Å². The van der Waals surface area contributed by atoms with E-state index in [4.69, 9.17) is 6.42 Å². The Bertz CT molecular complexity index is 742. The van der Waals surface area contributed by atoms with Gasteiger partial charge in [-0.25, -0.2) is 0 Å². The van der Waals surface area contributed by atoms with Crippen LogP contribution in [-0.2, 0) is 22.4 Å². The highest BCUT2D eigenvalue weighted by atomic mass is 16.4. The van der Waals surface area contributed by atoms with Crippen LogP contribution in [0.1, 0.15) is 36.8 Å². The van der Waals surface area contributed by atoms with Crippen LogP contribution in [0, 0.1) is 18.3 Å². The molecule has 124 valence electrons. The molecule has 2 N–H and O–H groups in total. The fourth-order valence-corrected chi connectivity index (χ4v) is 3.14. The predicted molar refractivity (Wildman–Crippen MR) is 88.5 cm³/mol. The first-order chi connectivity index (χ1) is 11.5. The highest BCUT2D eigenvalue weighted by molar-refractivity contribution is 5.92. The van der Waals surface area contributed by atoms with E-state index in [-0.39, 0.29) is 5.91 Å². The number of aliphatic carboxylic acids is 1. The second-order valence-corrected chi connectivity index (χ2v) is 6.32. The average molecular weight is 325 g/mol. The Morgan fingerprint density at radius 3 is 2.79 bits per heavy atom. The molecule has 1 aromatic rings. The van der Waals surface area contributed by atoms with Gasteiger partial charge in [-0.3, -0.25) is 9.59 Å². The number of nitrogens with one attached hydrogen (secondary N) is 1. The van der Waals surface area contributed by atoms with Crippen LogP contribution in [0.5, 0.6) is 0 Å². The summed E-state index contributed by atoms with van der Waals surface area (Å²) < 4.78 is 0. The van der Waals surface area contributed by atoms with Crippen LogP contribution >= 0.6 is 0 Å². The van der Waals surface area contributed by atoms with Crippen molar-refractivity contribution in [3.8, 4) is 12.3 Å². The lowest BCUT2D eigenvalue weighted by Gasteiger charge is -2.12. The molecule has 0 aromatic heterocycles. The Morgan fingerprint density at radius 1 is 1.33 bits per heavy atom. The molecule has 0 saturated heterocycles. The van der Waals surface area contributed by atoms with Gasteiger partial charge in [-0.2, -0.15) is 10.2 Å². The Labute approximate surface area is 140 Å². The molecule has 0 saturated carbocycles. The maximum absolute atomic E-state index is 12.2. The van der Waals surface area contributed by atoms with Crippen LogP contribution in [0.4, 0.5) is 5.69 Å². The number of benzene rings is 1. The minimum absolute atomic E-state index is 0.112. The first kappa shape index (κ1) is 16.2.